The number of halogens is 6. The quantitative estimate of drug-likeness (QED) is 0.596. The molecule has 148 valence electrons. The van der Waals surface area contributed by atoms with E-state index < -0.39 is 41.3 Å². The smallest absolute Gasteiger partial charge is 0.452 e. The lowest BCUT2D eigenvalue weighted by atomic mass is 9.46. The van der Waals surface area contributed by atoms with E-state index in [4.69, 9.17) is 4.74 Å². The van der Waals surface area contributed by atoms with Crippen LogP contribution >= 0.6 is 0 Å². The fourth-order valence-electron chi connectivity index (χ4n) is 5.56. The lowest BCUT2D eigenvalue weighted by Gasteiger charge is -2.62. The van der Waals surface area contributed by atoms with E-state index in [1.807, 2.05) is 5.32 Å². The molecule has 3 atom stereocenters. The topological polar surface area (TPSA) is 55.4 Å². The van der Waals surface area contributed by atoms with Gasteiger partial charge < -0.3 is 10.1 Å². The molecule has 4 aliphatic carbocycles. The summed E-state index contributed by atoms with van der Waals surface area (Å²) in [6.45, 7) is 1.44. The molecule has 4 rings (SSSR count). The van der Waals surface area contributed by atoms with Gasteiger partial charge in [-0.3, -0.25) is 4.79 Å². The molecule has 4 saturated carbocycles. The van der Waals surface area contributed by atoms with Crippen LogP contribution in [-0.2, 0) is 14.3 Å². The molecule has 4 aliphatic rings. The molecule has 0 heterocycles. The predicted octanol–water partition coefficient (Wildman–Crippen LogP) is 3.50. The number of ether oxygens (including phenoxy) is 1. The minimum Gasteiger partial charge on any atom is -0.452 e. The predicted molar refractivity (Wildman–Crippen MR) is 75.7 cm³/mol. The van der Waals surface area contributed by atoms with Crippen LogP contribution in [0.2, 0.25) is 0 Å². The molecule has 0 radical (unpaired) electrons. The van der Waals surface area contributed by atoms with Gasteiger partial charge in [-0.05, 0) is 62.7 Å². The number of amides is 1. The molecular formula is C16H19F6NO3. The molecule has 4 nitrogen and oxygen atoms in total. The van der Waals surface area contributed by atoms with E-state index in [1.54, 1.807) is 0 Å². The maximum Gasteiger partial charge on any atom is 0.490 e. The SMILES string of the molecule is C[C@@H](NC(=O)C(F)(F)F)C12CC3CC(CC(OC(=O)C(F)(F)F)(C3)C1)C2. The van der Waals surface area contributed by atoms with Gasteiger partial charge in [0, 0.05) is 6.04 Å². The average molecular weight is 387 g/mol. The van der Waals surface area contributed by atoms with E-state index in [-0.39, 0.29) is 31.1 Å². The molecule has 26 heavy (non-hydrogen) atoms. The van der Waals surface area contributed by atoms with Gasteiger partial charge in [0.2, 0.25) is 0 Å². The summed E-state index contributed by atoms with van der Waals surface area (Å²) in [5, 5.41) is 1.95. The third-order valence-corrected chi connectivity index (χ3v) is 6.12. The molecule has 1 amide bonds. The van der Waals surface area contributed by atoms with Gasteiger partial charge >= 0.3 is 24.2 Å². The van der Waals surface area contributed by atoms with Crippen LogP contribution in [0.5, 0.6) is 0 Å². The van der Waals surface area contributed by atoms with Crippen LogP contribution in [0.15, 0.2) is 0 Å². The Morgan fingerprint density at radius 1 is 1.00 bits per heavy atom. The number of carbonyl (C=O) groups excluding carboxylic acids is 2. The highest BCUT2D eigenvalue weighted by atomic mass is 19.4. The highest BCUT2D eigenvalue weighted by Crippen LogP contribution is 2.64. The highest BCUT2D eigenvalue weighted by Gasteiger charge is 2.62. The maximum absolute atomic E-state index is 12.6. The average Bonchev–Trinajstić information content (AvgIpc) is 2.43. The van der Waals surface area contributed by atoms with E-state index in [2.05, 4.69) is 0 Å². The minimum absolute atomic E-state index is 0.0254. The van der Waals surface area contributed by atoms with E-state index in [1.165, 1.54) is 6.92 Å². The first-order valence-corrected chi connectivity index (χ1v) is 8.43. The summed E-state index contributed by atoms with van der Waals surface area (Å²) in [7, 11) is 0. The zero-order chi connectivity index (χ0) is 19.5. The summed E-state index contributed by atoms with van der Waals surface area (Å²) in [5.41, 5.74) is -2.11. The third-order valence-electron chi connectivity index (χ3n) is 6.12. The zero-order valence-corrected chi connectivity index (χ0v) is 14.0. The Hall–Kier alpha value is -1.48. The van der Waals surface area contributed by atoms with Gasteiger partial charge in [0.05, 0.1) is 0 Å². The molecule has 0 spiro atoms. The molecule has 0 aromatic heterocycles. The molecule has 0 aromatic carbocycles. The Labute approximate surface area is 145 Å². The molecule has 1 N–H and O–H groups in total. The summed E-state index contributed by atoms with van der Waals surface area (Å²) < 4.78 is 80.4. The van der Waals surface area contributed by atoms with Crippen LogP contribution in [0.3, 0.4) is 0 Å². The second-order valence-corrected chi connectivity index (χ2v) is 8.09. The third kappa shape index (κ3) is 3.38. The molecule has 10 heteroatoms. The van der Waals surface area contributed by atoms with Crippen molar-refractivity contribution in [1.82, 2.24) is 5.32 Å². The van der Waals surface area contributed by atoms with Crippen LogP contribution < -0.4 is 5.32 Å². The Bertz CT molecular complexity index is 600. The first-order valence-electron chi connectivity index (χ1n) is 8.43. The van der Waals surface area contributed by atoms with Crippen molar-refractivity contribution >= 4 is 11.9 Å². The lowest BCUT2D eigenvalue weighted by molar-refractivity contribution is -0.240. The Morgan fingerprint density at radius 2 is 1.54 bits per heavy atom. The second-order valence-electron chi connectivity index (χ2n) is 8.09. The molecule has 0 aromatic rings. The van der Waals surface area contributed by atoms with Crippen LogP contribution in [0, 0.1) is 17.3 Å². The summed E-state index contributed by atoms with van der Waals surface area (Å²) >= 11 is 0. The van der Waals surface area contributed by atoms with Crippen LogP contribution in [-0.4, -0.2) is 35.9 Å². The molecule has 4 bridgehead atoms. The first-order chi connectivity index (χ1) is 11.7. The standard InChI is InChI=1S/C16H19F6NO3/c1-8(23-11(24)15(17,18)19)13-3-9-2-10(4-13)6-14(5-9,7-13)26-12(25)16(20,21)22/h8-10H,2-7H2,1H3,(H,23,24)/t8-,9?,10?,13?,14?/m1/s1. The van der Waals surface area contributed by atoms with Gasteiger partial charge in [-0.2, -0.15) is 26.3 Å². The molecule has 0 aliphatic heterocycles. The van der Waals surface area contributed by atoms with Gasteiger partial charge in [0.25, 0.3) is 0 Å². The Balaban J connectivity index is 1.81. The van der Waals surface area contributed by atoms with Crippen LogP contribution in [0.25, 0.3) is 0 Å². The van der Waals surface area contributed by atoms with Crippen molar-refractivity contribution < 1.29 is 40.7 Å². The van der Waals surface area contributed by atoms with E-state index >= 15 is 0 Å². The van der Waals surface area contributed by atoms with Crippen molar-refractivity contribution in [1.29, 1.82) is 0 Å². The van der Waals surface area contributed by atoms with Crippen LogP contribution in [0.1, 0.15) is 45.4 Å². The summed E-state index contributed by atoms with van der Waals surface area (Å²) in [6.07, 6.45) is -7.77. The van der Waals surface area contributed by atoms with Crippen molar-refractivity contribution in [2.45, 2.75) is 69.4 Å². The Morgan fingerprint density at radius 3 is 2.00 bits per heavy atom. The van der Waals surface area contributed by atoms with Crippen LogP contribution in [0.4, 0.5) is 26.3 Å². The van der Waals surface area contributed by atoms with Crippen molar-refractivity contribution in [3.05, 3.63) is 0 Å². The molecular weight excluding hydrogens is 368 g/mol. The summed E-state index contributed by atoms with van der Waals surface area (Å²) in [4.78, 5) is 22.7. The Kier molecular flexibility index (Phi) is 4.27. The molecule has 4 fully saturated rings. The van der Waals surface area contributed by atoms with Gasteiger partial charge in [0.15, 0.2) is 0 Å². The number of hydrogen-bond acceptors (Lipinski definition) is 3. The van der Waals surface area contributed by atoms with Crippen molar-refractivity contribution in [3.63, 3.8) is 0 Å². The number of carbonyl (C=O) groups is 2. The number of hydrogen-bond donors (Lipinski definition) is 1. The van der Waals surface area contributed by atoms with E-state index in [0.29, 0.717) is 12.8 Å². The molecule has 0 saturated heterocycles. The largest absolute Gasteiger partial charge is 0.490 e. The van der Waals surface area contributed by atoms with Crippen molar-refractivity contribution in [2.24, 2.45) is 17.3 Å². The van der Waals surface area contributed by atoms with Crippen molar-refractivity contribution in [2.75, 3.05) is 0 Å². The van der Waals surface area contributed by atoms with E-state index in [9.17, 15) is 35.9 Å². The van der Waals surface area contributed by atoms with Gasteiger partial charge in [-0.15, -0.1) is 0 Å². The summed E-state index contributed by atoms with van der Waals surface area (Å²) in [6, 6.07) is -0.883. The monoisotopic (exact) mass is 387 g/mol. The van der Waals surface area contributed by atoms with E-state index in [0.717, 1.165) is 6.42 Å². The molecule has 2 unspecified atom stereocenters. The lowest BCUT2D eigenvalue weighted by Crippen LogP contribution is -2.63. The van der Waals surface area contributed by atoms with Gasteiger partial charge in [-0.25, -0.2) is 4.79 Å². The minimum atomic E-state index is -5.12. The van der Waals surface area contributed by atoms with Gasteiger partial charge in [-0.1, -0.05) is 0 Å². The zero-order valence-electron chi connectivity index (χ0n) is 14.0. The second kappa shape index (κ2) is 5.76. The number of alkyl halides is 6. The maximum atomic E-state index is 12.6. The van der Waals surface area contributed by atoms with Crippen molar-refractivity contribution in [3.8, 4) is 0 Å². The first kappa shape index (κ1) is 19.3. The normalized spacial score (nSPS) is 37.3. The van der Waals surface area contributed by atoms with Gasteiger partial charge in [0.1, 0.15) is 5.60 Å². The highest BCUT2D eigenvalue weighted by molar-refractivity contribution is 5.82. The number of nitrogens with one attached hydrogen (secondary N) is 1. The number of rotatable bonds is 3. The number of esters is 1. The fourth-order valence-corrected chi connectivity index (χ4v) is 5.56. The summed E-state index contributed by atoms with van der Waals surface area (Å²) in [5.74, 6) is -4.38. The fraction of sp³-hybridized carbons (Fsp3) is 0.875.